The van der Waals surface area contributed by atoms with E-state index in [0.29, 0.717) is 17.9 Å². The Morgan fingerprint density at radius 1 is 1.07 bits per heavy atom. The second kappa shape index (κ2) is 11.8. The van der Waals surface area contributed by atoms with Crippen molar-refractivity contribution in [3.05, 3.63) is 56.6 Å². The van der Waals surface area contributed by atoms with Gasteiger partial charge in [0, 0.05) is 42.8 Å². The Morgan fingerprint density at radius 2 is 1.73 bits per heavy atom. The van der Waals surface area contributed by atoms with Crippen molar-refractivity contribution in [3.8, 4) is 17.4 Å². The van der Waals surface area contributed by atoms with E-state index < -0.39 is 5.92 Å². The molecule has 0 aliphatic carbocycles. The van der Waals surface area contributed by atoms with E-state index in [0.717, 1.165) is 6.20 Å². The van der Waals surface area contributed by atoms with Crippen molar-refractivity contribution in [3.63, 3.8) is 0 Å². The van der Waals surface area contributed by atoms with Crippen LogP contribution in [-0.4, -0.2) is 24.8 Å². The maximum absolute atomic E-state index is 13.6. The minimum atomic E-state index is -2.90. The Labute approximate surface area is 193 Å². The van der Waals surface area contributed by atoms with E-state index in [1.165, 1.54) is 25.1 Å². The lowest BCUT2D eigenvalue weighted by molar-refractivity contribution is -0.00869. The molecule has 4 nitrogen and oxygen atoms in total. The van der Waals surface area contributed by atoms with Gasteiger partial charge in [0.15, 0.2) is 5.75 Å². The summed E-state index contributed by atoms with van der Waals surface area (Å²) in [5.74, 6) is -1.88. The summed E-state index contributed by atoms with van der Waals surface area (Å²) in [6, 6.07) is 5.85. The van der Waals surface area contributed by atoms with Gasteiger partial charge in [-0.25, -0.2) is 13.8 Å². The van der Waals surface area contributed by atoms with Crippen LogP contribution in [0.15, 0.2) is 41.0 Å². The molecule has 1 aromatic heterocycles. The number of alkyl halides is 2. The second-order valence-electron chi connectivity index (χ2n) is 6.01. The number of rotatable bonds is 11. The Balaban J connectivity index is 1.79. The van der Waals surface area contributed by atoms with Gasteiger partial charge in [0.05, 0.1) is 23.3 Å². The van der Waals surface area contributed by atoms with E-state index in [9.17, 15) is 8.78 Å². The van der Waals surface area contributed by atoms with Crippen LogP contribution in [0.25, 0.3) is 0 Å². The fraction of sp³-hybridized carbons (Fsp3) is 0.350. The zero-order valence-corrected chi connectivity index (χ0v) is 19.0. The molecule has 0 N–H and O–H groups in total. The molecule has 1 aromatic carbocycles. The van der Waals surface area contributed by atoms with E-state index in [1.807, 2.05) is 0 Å². The second-order valence-corrected chi connectivity index (χ2v) is 7.84. The minimum absolute atomic E-state index is 0.0967. The van der Waals surface area contributed by atoms with Gasteiger partial charge in [-0.2, -0.15) is 0 Å². The molecule has 0 unspecified atom stereocenters. The molecule has 0 aliphatic rings. The average molecular weight is 501 g/mol. The molecule has 0 saturated heterocycles. The maximum atomic E-state index is 13.6. The zero-order chi connectivity index (χ0) is 22.1. The van der Waals surface area contributed by atoms with Gasteiger partial charge < -0.3 is 14.2 Å². The lowest BCUT2D eigenvalue weighted by atomic mass is 10.1. The predicted octanol–water partition coefficient (Wildman–Crippen LogP) is 7.44. The molecule has 1 heterocycles. The number of ether oxygens (including phenoxy) is 3. The van der Waals surface area contributed by atoms with E-state index in [1.54, 1.807) is 12.1 Å². The number of pyridine rings is 1. The van der Waals surface area contributed by atoms with Crippen LogP contribution in [0.4, 0.5) is 8.78 Å². The summed E-state index contributed by atoms with van der Waals surface area (Å²) in [5.41, 5.74) is -0.140. The highest BCUT2D eigenvalue weighted by Gasteiger charge is 2.29. The fourth-order valence-electron chi connectivity index (χ4n) is 2.25. The third kappa shape index (κ3) is 7.65. The smallest absolute Gasteiger partial charge is 0.274 e. The fourth-order valence-corrected chi connectivity index (χ4v) is 2.96. The first kappa shape index (κ1) is 24.8. The van der Waals surface area contributed by atoms with Gasteiger partial charge in [0.2, 0.25) is 5.88 Å². The van der Waals surface area contributed by atoms with Crippen molar-refractivity contribution in [1.29, 1.82) is 0 Å². The highest BCUT2D eigenvalue weighted by atomic mass is 35.5. The Hall–Kier alpha value is -1.47. The molecule has 0 spiro atoms. The maximum Gasteiger partial charge on any atom is 0.274 e. The molecular formula is C20H19Cl4F2NO3. The van der Waals surface area contributed by atoms with Gasteiger partial charge in [-0.15, -0.1) is 0 Å². The molecule has 0 bridgehead atoms. The number of halogens is 6. The van der Waals surface area contributed by atoms with Crippen LogP contribution < -0.4 is 14.2 Å². The van der Waals surface area contributed by atoms with Crippen LogP contribution in [0.3, 0.4) is 0 Å². The number of benzene rings is 1. The van der Waals surface area contributed by atoms with Gasteiger partial charge in [0.1, 0.15) is 16.8 Å². The molecule has 30 heavy (non-hydrogen) atoms. The molecule has 0 saturated carbocycles. The van der Waals surface area contributed by atoms with Crippen LogP contribution in [-0.2, 0) is 5.92 Å². The lowest BCUT2D eigenvalue weighted by Gasteiger charge is -2.14. The van der Waals surface area contributed by atoms with Gasteiger partial charge in [-0.1, -0.05) is 53.3 Å². The van der Waals surface area contributed by atoms with E-state index in [4.69, 9.17) is 60.6 Å². The SMILES string of the molecule is CCC(F)(F)c1ccc(OCCCOc2c(Cl)cc(OCC=C(Cl)Cl)cc2Cl)nc1. The summed E-state index contributed by atoms with van der Waals surface area (Å²) in [6.45, 7) is 2.13. The van der Waals surface area contributed by atoms with Crippen LogP contribution in [0.1, 0.15) is 25.3 Å². The van der Waals surface area contributed by atoms with Crippen LogP contribution in [0.5, 0.6) is 17.4 Å². The first-order valence-corrected chi connectivity index (χ1v) is 10.5. The van der Waals surface area contributed by atoms with E-state index in [2.05, 4.69) is 4.98 Å². The summed E-state index contributed by atoms with van der Waals surface area (Å²) >= 11 is 23.4. The number of hydrogen-bond donors (Lipinski definition) is 0. The first-order chi connectivity index (χ1) is 14.2. The van der Waals surface area contributed by atoms with Gasteiger partial charge >= 0.3 is 0 Å². The molecule has 2 aromatic rings. The van der Waals surface area contributed by atoms with Crippen molar-refractivity contribution in [2.24, 2.45) is 0 Å². The highest BCUT2D eigenvalue weighted by Crippen LogP contribution is 2.37. The molecule has 10 heteroatoms. The zero-order valence-electron chi connectivity index (χ0n) is 15.9. The van der Waals surface area contributed by atoms with Crippen LogP contribution in [0, 0.1) is 0 Å². The van der Waals surface area contributed by atoms with Gasteiger partial charge in [0.25, 0.3) is 5.92 Å². The molecule has 164 valence electrons. The lowest BCUT2D eigenvalue weighted by Crippen LogP contribution is -2.12. The third-order valence-electron chi connectivity index (χ3n) is 3.85. The quantitative estimate of drug-likeness (QED) is 0.300. The number of hydrogen-bond acceptors (Lipinski definition) is 4. The molecule has 0 amide bonds. The third-order valence-corrected chi connectivity index (χ3v) is 4.72. The van der Waals surface area contributed by atoms with Crippen LogP contribution in [0.2, 0.25) is 10.0 Å². The van der Waals surface area contributed by atoms with Gasteiger partial charge in [-0.05, 0) is 12.1 Å². The molecule has 0 atom stereocenters. The van der Waals surface area contributed by atoms with Crippen LogP contribution >= 0.6 is 46.4 Å². The molecule has 0 fully saturated rings. The van der Waals surface area contributed by atoms with Gasteiger partial charge in [-0.3, -0.25) is 0 Å². The highest BCUT2D eigenvalue weighted by molar-refractivity contribution is 6.55. The van der Waals surface area contributed by atoms with Crippen molar-refractivity contribution in [2.75, 3.05) is 19.8 Å². The molecule has 2 rings (SSSR count). The van der Waals surface area contributed by atoms with Crippen molar-refractivity contribution >= 4 is 46.4 Å². The Bertz CT molecular complexity index is 837. The monoisotopic (exact) mass is 499 g/mol. The summed E-state index contributed by atoms with van der Waals surface area (Å²) in [5, 5.41) is 0.571. The summed E-state index contributed by atoms with van der Waals surface area (Å²) in [7, 11) is 0. The predicted molar refractivity (Wildman–Crippen MR) is 116 cm³/mol. The largest absolute Gasteiger partial charge is 0.490 e. The normalized spacial score (nSPS) is 11.2. The average Bonchev–Trinajstić information content (AvgIpc) is 2.69. The van der Waals surface area contributed by atoms with E-state index >= 15 is 0 Å². The summed E-state index contributed by atoms with van der Waals surface area (Å²) < 4.78 is 43.7. The van der Waals surface area contributed by atoms with Crippen molar-refractivity contribution in [1.82, 2.24) is 4.98 Å². The topological polar surface area (TPSA) is 40.6 Å². The molecular weight excluding hydrogens is 482 g/mol. The van der Waals surface area contributed by atoms with Crippen molar-refractivity contribution in [2.45, 2.75) is 25.7 Å². The Kier molecular flexibility index (Phi) is 9.75. The number of nitrogens with zero attached hydrogens (tertiary/aromatic N) is 1. The minimum Gasteiger partial charge on any atom is -0.490 e. The summed E-state index contributed by atoms with van der Waals surface area (Å²) in [6.07, 6.45) is 2.81. The Morgan fingerprint density at radius 3 is 2.30 bits per heavy atom. The first-order valence-electron chi connectivity index (χ1n) is 8.96. The van der Waals surface area contributed by atoms with Crippen molar-refractivity contribution < 1.29 is 23.0 Å². The summed E-state index contributed by atoms with van der Waals surface area (Å²) in [4.78, 5) is 3.90. The number of aromatic nitrogens is 1. The molecule has 0 radical (unpaired) electrons. The standard InChI is InChI=1S/C20H19Cl4F2NO3/c1-2-20(25,26)13-4-5-18(27-12-13)29-7-3-8-30-19-15(21)10-14(11-16(19)22)28-9-6-17(23)24/h4-6,10-12H,2-3,7-9H2,1H3. The van der Waals surface area contributed by atoms with E-state index in [-0.39, 0.29) is 52.2 Å². The molecule has 0 aliphatic heterocycles.